The van der Waals surface area contributed by atoms with E-state index in [1.165, 1.54) is 89.5 Å². The normalized spacial score (nSPS) is 11.6. The number of hydrogen-bond acceptors (Lipinski definition) is 0. The highest BCUT2D eigenvalue weighted by Gasteiger charge is 2.19. The second-order valence-electron chi connectivity index (χ2n) is 23.5. The van der Waals surface area contributed by atoms with Gasteiger partial charge in [-0.05, 0) is 145 Å². The molecule has 0 fully saturated rings. The fraction of sp³-hybridized carbons (Fsp3) is 0.366. The van der Waals surface area contributed by atoms with Gasteiger partial charge < -0.3 is 0 Å². The zero-order valence-electron chi connectivity index (χ0n) is 54.4. The molecule has 8 aromatic rings. The maximum atomic E-state index is 6.63. The molecule has 0 aromatic heterocycles. The summed E-state index contributed by atoms with van der Waals surface area (Å²) in [5, 5.41) is 0.561. The van der Waals surface area contributed by atoms with Crippen LogP contribution < -0.4 is 0 Å². The number of rotatable bonds is 20. The summed E-state index contributed by atoms with van der Waals surface area (Å²) in [4.78, 5) is 0. The Kier molecular flexibility index (Phi) is 45.6. The molecule has 0 heterocycles. The van der Waals surface area contributed by atoms with E-state index in [0.717, 1.165) is 24.7 Å². The molecule has 4 atom stereocenters. The first-order chi connectivity index (χ1) is 40.9. The van der Waals surface area contributed by atoms with Gasteiger partial charge in [-0.2, -0.15) is 0 Å². The van der Waals surface area contributed by atoms with E-state index in [0.29, 0.717) is 29.0 Å². The van der Waals surface area contributed by atoms with E-state index < -0.39 is 0 Å². The lowest BCUT2D eigenvalue weighted by atomic mass is 9.85. The van der Waals surface area contributed by atoms with E-state index in [2.05, 4.69) is 240 Å². The number of benzene rings is 8. The van der Waals surface area contributed by atoms with E-state index >= 15 is 0 Å². The van der Waals surface area contributed by atoms with Crippen LogP contribution in [0.3, 0.4) is 0 Å². The fourth-order valence-corrected chi connectivity index (χ4v) is 9.76. The van der Waals surface area contributed by atoms with Gasteiger partial charge in [-0.3, -0.25) is 0 Å². The third-order valence-electron chi connectivity index (χ3n) is 13.1. The molecule has 0 nitrogen and oxygen atoms in total. The lowest BCUT2D eigenvalue weighted by Crippen LogP contribution is -2.06. The van der Waals surface area contributed by atoms with Gasteiger partial charge in [-0.25, -0.2) is 0 Å². The Morgan fingerprint density at radius 1 is 0.306 bits per heavy atom. The molecular formula is C82H109Cl3. The van der Waals surface area contributed by atoms with Crippen molar-refractivity contribution >= 4 is 47.0 Å². The third-order valence-corrected chi connectivity index (χ3v) is 14.0. The SMILES string of the molecule is C=Cc1ccccc1.C=Cc1ccccc1.CC(C)CC(CC(Cl)c1ccccc1)c1ccccc1.CC(C)CC(CCc1ccccc1)c1ccccc1.CC(C)CC(Cl)c1ccccc1.CC(C)CCc1ccccc1.CC(C)Cl.CCC. The van der Waals surface area contributed by atoms with Crippen LogP contribution in [0.2, 0.25) is 0 Å². The highest BCUT2D eigenvalue weighted by molar-refractivity contribution is 6.21. The molecule has 0 N–H and O–H groups in total. The fourth-order valence-electron chi connectivity index (χ4n) is 8.90. The van der Waals surface area contributed by atoms with Crippen molar-refractivity contribution in [2.45, 2.75) is 169 Å². The van der Waals surface area contributed by atoms with Crippen LogP contribution in [0.5, 0.6) is 0 Å². The molecule has 0 aliphatic carbocycles. The minimum atomic E-state index is 0.0835. The maximum Gasteiger partial charge on any atom is 0.0591 e. The number of aryl methyl sites for hydroxylation is 2. The van der Waals surface area contributed by atoms with Gasteiger partial charge in [0.2, 0.25) is 0 Å². The summed E-state index contributed by atoms with van der Waals surface area (Å²) in [5.74, 6) is 4.11. The number of halogens is 3. The molecule has 0 bridgehead atoms. The van der Waals surface area contributed by atoms with Crippen molar-refractivity contribution in [2.24, 2.45) is 23.7 Å². The van der Waals surface area contributed by atoms with E-state index in [1.54, 1.807) is 0 Å². The summed E-state index contributed by atoms with van der Waals surface area (Å²) in [6, 6.07) is 83.9. The predicted molar refractivity (Wildman–Crippen MR) is 386 cm³/mol. The first-order valence-corrected chi connectivity index (χ1v) is 32.8. The molecule has 0 aliphatic heterocycles. The minimum absolute atomic E-state index is 0.0835. The Morgan fingerprint density at radius 3 is 0.835 bits per heavy atom. The van der Waals surface area contributed by atoms with E-state index in [1.807, 2.05) is 111 Å². The molecule has 0 spiro atoms. The molecule has 0 radical (unpaired) electrons. The van der Waals surface area contributed by atoms with Crippen LogP contribution in [0.25, 0.3) is 12.2 Å². The van der Waals surface area contributed by atoms with Gasteiger partial charge in [0.25, 0.3) is 0 Å². The van der Waals surface area contributed by atoms with Crippen molar-refractivity contribution in [1.82, 2.24) is 0 Å². The van der Waals surface area contributed by atoms with Crippen LogP contribution in [0, 0.1) is 23.7 Å². The molecular weight excluding hydrogens is 1090 g/mol. The number of alkyl halides is 3. The molecule has 0 amide bonds. The smallest absolute Gasteiger partial charge is 0.0591 e. The van der Waals surface area contributed by atoms with Crippen LogP contribution in [-0.2, 0) is 12.8 Å². The summed E-state index contributed by atoms with van der Waals surface area (Å²) in [6.07, 6.45) is 14.3. The molecule has 8 rings (SSSR count). The standard InChI is InChI=1S/C19H23Cl.C19H24.C11H15Cl.C11H16.2C8H8.C3H7Cl.C3H8/c1-15(2)13-18(16-9-5-3-6-10-16)14-19(20)17-11-7-4-8-12-17;1-16(2)15-19(18-11-7-4-8-12-18)14-13-17-9-5-3-6-10-17;1-9(2)8-11(12)10-6-4-3-5-7-10;1-10(2)8-9-11-6-4-3-5-7-11;2*1-2-8-6-4-3-5-7-8;1-3(2)4;1-3-2/h3-12,15,18-19H,13-14H2,1-2H3;3-12,16,19H,13-15H2,1-2H3;3-7,9,11H,8H2,1-2H3;3-7,10H,8-9H2,1-2H3;2*2-7H,1H2;3H,1-2H3;3H2,1-2H3. The van der Waals surface area contributed by atoms with Gasteiger partial charge in [0.15, 0.2) is 0 Å². The highest BCUT2D eigenvalue weighted by Crippen LogP contribution is 2.36. The summed E-state index contributed by atoms with van der Waals surface area (Å²) in [5.41, 5.74) is 10.6. The van der Waals surface area contributed by atoms with Crippen LogP contribution in [0.4, 0.5) is 0 Å². The molecule has 0 aliphatic rings. The van der Waals surface area contributed by atoms with E-state index in [-0.39, 0.29) is 10.8 Å². The predicted octanol–water partition coefficient (Wildman–Crippen LogP) is 26.6. The second-order valence-corrected chi connectivity index (χ2v) is 25.4. The Hall–Kier alpha value is -5.89. The molecule has 4 unspecified atom stereocenters. The molecule has 3 heteroatoms. The lowest BCUT2D eigenvalue weighted by Gasteiger charge is -2.22. The van der Waals surface area contributed by atoms with Crippen molar-refractivity contribution in [1.29, 1.82) is 0 Å². The largest absolute Gasteiger partial charge is 0.124 e. The van der Waals surface area contributed by atoms with Crippen LogP contribution in [0.1, 0.15) is 195 Å². The molecule has 8 aromatic carbocycles. The average Bonchev–Trinajstić information content (AvgIpc) is 3.57. The van der Waals surface area contributed by atoms with E-state index in [9.17, 15) is 0 Å². The van der Waals surface area contributed by atoms with Crippen molar-refractivity contribution in [2.75, 3.05) is 0 Å². The van der Waals surface area contributed by atoms with Gasteiger partial charge in [0, 0.05) is 5.38 Å². The maximum absolute atomic E-state index is 6.63. The summed E-state index contributed by atoms with van der Waals surface area (Å²) in [7, 11) is 0. The second kappa shape index (κ2) is 50.3. The van der Waals surface area contributed by atoms with Crippen LogP contribution in [0.15, 0.2) is 256 Å². The number of hydrogen-bond donors (Lipinski definition) is 0. The van der Waals surface area contributed by atoms with E-state index in [4.69, 9.17) is 34.8 Å². The topological polar surface area (TPSA) is 0 Å². The Morgan fingerprint density at radius 2 is 0.553 bits per heavy atom. The van der Waals surface area contributed by atoms with Crippen molar-refractivity contribution in [3.05, 3.63) is 300 Å². The zero-order valence-corrected chi connectivity index (χ0v) is 56.6. The molecule has 458 valence electrons. The summed E-state index contributed by atoms with van der Waals surface area (Å²) >= 11 is 18.1. The first kappa shape index (κ1) is 77.1. The molecule has 0 saturated heterocycles. The Bertz CT molecular complexity index is 2640. The highest BCUT2D eigenvalue weighted by atomic mass is 35.5. The van der Waals surface area contributed by atoms with Gasteiger partial charge in [-0.15, -0.1) is 34.8 Å². The van der Waals surface area contributed by atoms with Gasteiger partial charge in [0.1, 0.15) is 0 Å². The van der Waals surface area contributed by atoms with Crippen molar-refractivity contribution in [3.8, 4) is 0 Å². The Balaban J connectivity index is 0.000000514. The summed E-state index contributed by atoms with van der Waals surface area (Å²) in [6.45, 7) is 33.5. The van der Waals surface area contributed by atoms with Crippen LogP contribution in [-0.4, -0.2) is 5.38 Å². The monoisotopic (exact) mass is 1200 g/mol. The average molecular weight is 1200 g/mol. The van der Waals surface area contributed by atoms with Gasteiger partial charge in [0.05, 0.1) is 10.8 Å². The first-order valence-electron chi connectivity index (χ1n) is 31.5. The molecule has 85 heavy (non-hydrogen) atoms. The zero-order chi connectivity index (χ0) is 62.9. The Labute approximate surface area is 536 Å². The van der Waals surface area contributed by atoms with Gasteiger partial charge in [-0.1, -0.05) is 344 Å². The lowest BCUT2D eigenvalue weighted by molar-refractivity contribution is 0.472. The van der Waals surface area contributed by atoms with Crippen molar-refractivity contribution < 1.29 is 0 Å². The minimum Gasteiger partial charge on any atom is -0.124 e. The van der Waals surface area contributed by atoms with Crippen molar-refractivity contribution in [3.63, 3.8) is 0 Å². The third kappa shape index (κ3) is 41.7. The summed E-state index contributed by atoms with van der Waals surface area (Å²) < 4.78 is 0. The van der Waals surface area contributed by atoms with Crippen LogP contribution >= 0.6 is 34.8 Å². The van der Waals surface area contributed by atoms with Gasteiger partial charge >= 0.3 is 0 Å². The quantitative estimate of drug-likeness (QED) is 0.0667. The molecule has 0 saturated carbocycles.